The highest BCUT2D eigenvalue weighted by Gasteiger charge is 2.33. The van der Waals surface area contributed by atoms with E-state index in [-0.39, 0.29) is 0 Å². The van der Waals surface area contributed by atoms with Crippen LogP contribution in [-0.2, 0) is 0 Å². The molecule has 0 N–H and O–H groups in total. The Morgan fingerprint density at radius 2 is 2.19 bits per heavy atom. The van der Waals surface area contributed by atoms with Gasteiger partial charge in [0.25, 0.3) is 0 Å². The van der Waals surface area contributed by atoms with Crippen LogP contribution in [0.5, 0.6) is 5.75 Å². The quantitative estimate of drug-likeness (QED) is 0.547. The van der Waals surface area contributed by atoms with Crippen molar-refractivity contribution >= 4 is 38.2 Å². The van der Waals surface area contributed by atoms with Crippen molar-refractivity contribution in [3.8, 4) is 5.75 Å². The summed E-state index contributed by atoms with van der Waals surface area (Å²) in [5, 5.41) is 9.13. The van der Waals surface area contributed by atoms with Gasteiger partial charge in [0, 0.05) is 32.5 Å². The van der Waals surface area contributed by atoms with Crippen molar-refractivity contribution in [2.24, 2.45) is 0 Å². The Morgan fingerprint density at radius 1 is 1.31 bits per heavy atom. The largest absolute Gasteiger partial charge is 0.494 e. The molecule has 1 saturated heterocycles. The molecular weight excluding hydrogens is 350 g/mol. The Bertz CT molecular complexity index is 1090. The summed E-state index contributed by atoms with van der Waals surface area (Å²) in [6.07, 6.45) is 5.33. The molecule has 8 nitrogen and oxygen atoms in total. The average Bonchev–Trinajstić information content (AvgIpc) is 3.26. The molecule has 3 aromatic heterocycles. The van der Waals surface area contributed by atoms with Gasteiger partial charge in [0.1, 0.15) is 17.6 Å². The highest BCUT2D eigenvalue weighted by Crippen LogP contribution is 2.35. The van der Waals surface area contributed by atoms with Gasteiger partial charge >= 0.3 is 0 Å². The van der Waals surface area contributed by atoms with Crippen molar-refractivity contribution in [1.29, 1.82) is 0 Å². The zero-order valence-corrected chi connectivity index (χ0v) is 15.2. The van der Waals surface area contributed by atoms with Crippen molar-refractivity contribution < 1.29 is 4.74 Å². The Balaban J connectivity index is 1.37. The number of likely N-dealkylation sites (N-methyl/N-ethyl adjacent to an activating group) is 1. The first kappa shape index (κ1) is 15.3. The third-order valence-corrected chi connectivity index (χ3v) is 5.91. The van der Waals surface area contributed by atoms with Crippen LogP contribution >= 0.6 is 11.3 Å². The van der Waals surface area contributed by atoms with Crippen LogP contribution in [0.3, 0.4) is 0 Å². The Morgan fingerprint density at radius 3 is 3.04 bits per heavy atom. The van der Waals surface area contributed by atoms with Crippen LogP contribution in [0.2, 0.25) is 0 Å². The average molecular weight is 367 g/mol. The zero-order chi connectivity index (χ0) is 17.7. The summed E-state index contributed by atoms with van der Waals surface area (Å²) in [5.41, 5.74) is 1.71. The van der Waals surface area contributed by atoms with E-state index in [2.05, 4.69) is 38.1 Å². The van der Waals surface area contributed by atoms with Gasteiger partial charge in [0.2, 0.25) is 5.65 Å². The number of methoxy groups -OCH3 is 1. The Hall–Kier alpha value is -2.94. The molecule has 5 rings (SSSR count). The molecule has 0 aliphatic carbocycles. The van der Waals surface area contributed by atoms with E-state index in [1.165, 1.54) is 0 Å². The van der Waals surface area contributed by atoms with Crippen LogP contribution in [-0.4, -0.2) is 57.9 Å². The van der Waals surface area contributed by atoms with Crippen molar-refractivity contribution in [2.75, 3.05) is 37.0 Å². The van der Waals surface area contributed by atoms with E-state index in [4.69, 9.17) is 9.72 Å². The smallest absolute Gasteiger partial charge is 0.203 e. The highest BCUT2D eigenvalue weighted by molar-refractivity contribution is 7.22. The molecule has 0 unspecified atom stereocenters. The van der Waals surface area contributed by atoms with E-state index in [0.717, 1.165) is 45.7 Å². The number of anilines is 2. The first-order chi connectivity index (χ1) is 12.7. The molecule has 0 atom stereocenters. The van der Waals surface area contributed by atoms with Crippen molar-refractivity contribution in [2.45, 2.75) is 6.04 Å². The van der Waals surface area contributed by atoms with Crippen LogP contribution in [0.4, 0.5) is 10.9 Å². The van der Waals surface area contributed by atoms with E-state index in [1.54, 1.807) is 31.0 Å². The van der Waals surface area contributed by atoms with E-state index < -0.39 is 0 Å². The number of hydrogen-bond acceptors (Lipinski definition) is 8. The fourth-order valence-corrected chi connectivity index (χ4v) is 4.24. The summed E-state index contributed by atoms with van der Waals surface area (Å²) in [5.74, 6) is 1.69. The molecule has 0 amide bonds. The van der Waals surface area contributed by atoms with Gasteiger partial charge in [-0.2, -0.15) is 0 Å². The lowest BCUT2D eigenvalue weighted by Crippen LogP contribution is -2.59. The fraction of sp³-hybridized carbons (Fsp3) is 0.294. The Labute approximate surface area is 153 Å². The molecule has 26 heavy (non-hydrogen) atoms. The lowest BCUT2D eigenvalue weighted by atomic mass is 10.1. The molecule has 0 spiro atoms. The number of benzene rings is 1. The monoisotopic (exact) mass is 367 g/mol. The summed E-state index contributed by atoms with van der Waals surface area (Å²) in [4.78, 5) is 13.7. The second-order valence-electron chi connectivity index (χ2n) is 6.29. The molecule has 1 aliphatic heterocycles. The zero-order valence-electron chi connectivity index (χ0n) is 14.4. The van der Waals surface area contributed by atoms with Gasteiger partial charge in [-0.05, 0) is 12.1 Å². The van der Waals surface area contributed by atoms with Crippen LogP contribution in [0, 0.1) is 0 Å². The number of para-hydroxylation sites is 1. The minimum atomic E-state index is 0.381. The molecule has 132 valence electrons. The predicted octanol–water partition coefficient (Wildman–Crippen LogP) is 2.07. The van der Waals surface area contributed by atoms with Crippen LogP contribution < -0.4 is 14.5 Å². The minimum Gasteiger partial charge on any atom is -0.494 e. The number of ether oxygens (including phenoxy) is 1. The summed E-state index contributed by atoms with van der Waals surface area (Å²) in [6.45, 7) is 1.76. The standard InChI is InChI=1S/C17H17N7OS/c1-22(17-20-14-12(25-2)4-3-5-13(14)26-17)11-8-24(9-11)15-16-21-19-10-23(16)7-6-18-15/h3-7,10-11H,8-9H2,1-2H3. The number of rotatable bonds is 4. The number of hydrogen-bond donors (Lipinski definition) is 0. The summed E-state index contributed by atoms with van der Waals surface area (Å²) >= 11 is 1.69. The molecule has 4 aromatic rings. The molecule has 4 heterocycles. The van der Waals surface area contributed by atoms with Crippen molar-refractivity contribution in [3.63, 3.8) is 0 Å². The topological polar surface area (TPSA) is 71.7 Å². The van der Waals surface area contributed by atoms with Gasteiger partial charge in [-0.3, -0.25) is 4.40 Å². The Kier molecular flexibility index (Phi) is 3.42. The third-order valence-electron chi connectivity index (χ3n) is 4.80. The normalized spacial score (nSPS) is 14.8. The number of thiazole rings is 1. The maximum Gasteiger partial charge on any atom is 0.203 e. The molecule has 1 aromatic carbocycles. The maximum atomic E-state index is 5.42. The maximum absolute atomic E-state index is 5.42. The van der Waals surface area contributed by atoms with Crippen molar-refractivity contribution in [3.05, 3.63) is 36.9 Å². The van der Waals surface area contributed by atoms with Crippen LogP contribution in [0.25, 0.3) is 15.9 Å². The first-order valence-electron chi connectivity index (χ1n) is 8.30. The van der Waals surface area contributed by atoms with Gasteiger partial charge in [0.15, 0.2) is 10.9 Å². The second kappa shape index (κ2) is 5.80. The first-order valence-corrected chi connectivity index (χ1v) is 9.12. The number of nitrogens with zero attached hydrogens (tertiary/aromatic N) is 7. The molecule has 1 fully saturated rings. The van der Waals surface area contributed by atoms with Gasteiger partial charge < -0.3 is 14.5 Å². The van der Waals surface area contributed by atoms with E-state index >= 15 is 0 Å². The number of aromatic nitrogens is 5. The predicted molar refractivity (Wildman–Crippen MR) is 101 cm³/mol. The summed E-state index contributed by atoms with van der Waals surface area (Å²) in [7, 11) is 3.77. The lowest BCUT2D eigenvalue weighted by molar-refractivity contribution is 0.419. The minimum absolute atomic E-state index is 0.381. The van der Waals surface area contributed by atoms with E-state index in [0.29, 0.717) is 6.04 Å². The van der Waals surface area contributed by atoms with Crippen LogP contribution in [0.1, 0.15) is 0 Å². The number of fused-ring (bicyclic) bond motifs is 2. The fourth-order valence-electron chi connectivity index (χ4n) is 3.22. The molecule has 0 bridgehead atoms. The van der Waals surface area contributed by atoms with E-state index in [1.807, 2.05) is 22.7 Å². The molecule has 0 radical (unpaired) electrons. The third kappa shape index (κ3) is 2.27. The molecule has 9 heteroatoms. The lowest BCUT2D eigenvalue weighted by Gasteiger charge is -2.44. The summed E-state index contributed by atoms with van der Waals surface area (Å²) < 4.78 is 8.45. The van der Waals surface area contributed by atoms with Gasteiger partial charge in [-0.25, -0.2) is 9.97 Å². The van der Waals surface area contributed by atoms with Crippen molar-refractivity contribution in [1.82, 2.24) is 24.6 Å². The van der Waals surface area contributed by atoms with Gasteiger partial charge in [-0.1, -0.05) is 17.4 Å². The second-order valence-corrected chi connectivity index (χ2v) is 7.29. The molecule has 1 aliphatic rings. The van der Waals surface area contributed by atoms with Gasteiger partial charge in [0.05, 0.1) is 17.9 Å². The SMILES string of the molecule is COc1cccc2sc(N(C)C3CN(c4nccn5cnnc45)C3)nc12. The van der Waals surface area contributed by atoms with Crippen LogP contribution in [0.15, 0.2) is 36.9 Å². The molecular formula is C17H17N7OS. The highest BCUT2D eigenvalue weighted by atomic mass is 32.1. The summed E-state index contributed by atoms with van der Waals surface area (Å²) in [6, 6.07) is 6.41. The van der Waals surface area contributed by atoms with E-state index in [9.17, 15) is 0 Å². The van der Waals surface area contributed by atoms with Gasteiger partial charge in [-0.15, -0.1) is 10.2 Å². The molecule has 0 saturated carbocycles.